The summed E-state index contributed by atoms with van der Waals surface area (Å²) in [6.45, 7) is 2.47. The van der Waals surface area contributed by atoms with Crippen molar-refractivity contribution in [3.05, 3.63) is 41.9 Å². The summed E-state index contributed by atoms with van der Waals surface area (Å²) in [6, 6.07) is 8.05. The van der Waals surface area contributed by atoms with Crippen LogP contribution < -0.4 is 15.8 Å². The Morgan fingerprint density at radius 1 is 1.11 bits per heavy atom. The molecule has 3 aliphatic heterocycles. The van der Waals surface area contributed by atoms with Crippen LogP contribution in [0.2, 0.25) is 0 Å². The van der Waals surface area contributed by atoms with E-state index in [0.29, 0.717) is 32.2 Å². The first-order valence-corrected chi connectivity index (χ1v) is 6.41. The van der Waals surface area contributed by atoms with Crippen molar-refractivity contribution in [2.75, 3.05) is 26.4 Å². The maximum atomic E-state index is 5.94. The lowest BCUT2D eigenvalue weighted by atomic mass is 9.63. The molecule has 0 aromatic heterocycles. The van der Waals surface area contributed by atoms with Crippen LogP contribution in [0.25, 0.3) is 0 Å². The molecule has 0 amide bonds. The van der Waals surface area contributed by atoms with E-state index >= 15 is 0 Å². The van der Waals surface area contributed by atoms with Crippen molar-refractivity contribution in [2.24, 2.45) is 11.1 Å². The monoisotopic (exact) mass is 260 g/mol. The smallest absolute Gasteiger partial charge is 0.132 e. The lowest BCUT2D eigenvalue weighted by molar-refractivity contribution is -0.203. The van der Waals surface area contributed by atoms with E-state index in [1.807, 2.05) is 18.2 Å². The molecule has 19 heavy (non-hydrogen) atoms. The van der Waals surface area contributed by atoms with E-state index in [2.05, 4.69) is 11.4 Å². The Morgan fingerprint density at radius 2 is 1.95 bits per heavy atom. The van der Waals surface area contributed by atoms with E-state index in [1.165, 1.54) is 0 Å². The van der Waals surface area contributed by atoms with Crippen molar-refractivity contribution < 1.29 is 14.2 Å². The average Bonchev–Trinajstić information content (AvgIpc) is 2.38. The fraction of sp³-hybridized carbons (Fsp3) is 0.429. The van der Waals surface area contributed by atoms with Crippen molar-refractivity contribution in [2.45, 2.75) is 5.54 Å². The van der Waals surface area contributed by atoms with E-state index in [1.54, 1.807) is 6.26 Å². The number of nitrogens with one attached hydrogen (secondary N) is 1. The maximum absolute atomic E-state index is 5.94. The second-order valence-electron chi connectivity index (χ2n) is 5.47. The van der Waals surface area contributed by atoms with Crippen LogP contribution in [0.3, 0.4) is 0 Å². The molecule has 0 radical (unpaired) electrons. The van der Waals surface area contributed by atoms with E-state index in [4.69, 9.17) is 19.9 Å². The molecule has 5 heteroatoms. The Hall–Kier alpha value is -1.88. The largest absolute Gasteiger partial charge is 0.495 e. The number of hydrogen-bond acceptors (Lipinski definition) is 5. The van der Waals surface area contributed by atoms with Crippen LogP contribution >= 0.6 is 0 Å². The summed E-state index contributed by atoms with van der Waals surface area (Å²) in [5.41, 5.74) is 6.57. The summed E-state index contributed by atoms with van der Waals surface area (Å²) >= 11 is 0. The molecule has 1 aromatic carbocycles. The van der Waals surface area contributed by atoms with Gasteiger partial charge in [-0.1, -0.05) is 18.2 Å². The van der Waals surface area contributed by atoms with Gasteiger partial charge in [0.1, 0.15) is 36.6 Å². The molecule has 3 heterocycles. The standard InChI is InChI=1S/C14H16N2O3/c15-12-5-17-9-14(16-12)10-3-1-2-4-11(10)19-8-13(14)6-18-7-13/h1-5,16H,6-9,15H2. The quantitative estimate of drug-likeness (QED) is 0.717. The molecule has 1 aromatic rings. The summed E-state index contributed by atoms with van der Waals surface area (Å²) in [5.74, 6) is 1.44. The van der Waals surface area contributed by atoms with Crippen LogP contribution in [-0.4, -0.2) is 26.4 Å². The van der Waals surface area contributed by atoms with Gasteiger partial charge in [0.15, 0.2) is 0 Å². The fourth-order valence-electron chi connectivity index (χ4n) is 3.25. The van der Waals surface area contributed by atoms with Gasteiger partial charge in [0.2, 0.25) is 0 Å². The SMILES string of the molecule is NC1=COCC2(N1)c1ccccc1OCC21COC1. The first-order chi connectivity index (χ1) is 9.26. The Labute approximate surface area is 111 Å². The molecular formula is C14H16N2O3. The van der Waals surface area contributed by atoms with Gasteiger partial charge in [-0.2, -0.15) is 0 Å². The minimum Gasteiger partial charge on any atom is -0.495 e. The van der Waals surface area contributed by atoms with Crippen molar-refractivity contribution >= 4 is 0 Å². The minimum absolute atomic E-state index is 0.111. The molecule has 4 rings (SSSR count). The van der Waals surface area contributed by atoms with Gasteiger partial charge in [-0.25, -0.2) is 0 Å². The van der Waals surface area contributed by atoms with Crippen LogP contribution in [0.5, 0.6) is 5.75 Å². The Kier molecular flexibility index (Phi) is 2.07. The third-order valence-electron chi connectivity index (χ3n) is 4.38. The van der Waals surface area contributed by atoms with Crippen molar-refractivity contribution in [3.63, 3.8) is 0 Å². The first-order valence-electron chi connectivity index (χ1n) is 6.41. The van der Waals surface area contributed by atoms with Crippen LogP contribution in [0.15, 0.2) is 36.3 Å². The zero-order valence-corrected chi connectivity index (χ0v) is 10.5. The van der Waals surface area contributed by atoms with Gasteiger partial charge in [0.25, 0.3) is 0 Å². The zero-order chi connectivity index (χ0) is 12.9. The van der Waals surface area contributed by atoms with Gasteiger partial charge in [-0.15, -0.1) is 0 Å². The first kappa shape index (κ1) is 11.0. The predicted octanol–water partition coefficient (Wildman–Crippen LogP) is 0.668. The number of fused-ring (bicyclic) bond motifs is 3. The molecule has 100 valence electrons. The van der Waals surface area contributed by atoms with Crippen LogP contribution in [0.4, 0.5) is 0 Å². The Morgan fingerprint density at radius 3 is 2.68 bits per heavy atom. The third-order valence-corrected chi connectivity index (χ3v) is 4.38. The highest BCUT2D eigenvalue weighted by atomic mass is 16.5. The van der Waals surface area contributed by atoms with Gasteiger partial charge < -0.3 is 25.3 Å². The normalized spacial score (nSPS) is 30.4. The van der Waals surface area contributed by atoms with Gasteiger partial charge in [-0.3, -0.25) is 0 Å². The molecule has 5 nitrogen and oxygen atoms in total. The molecule has 3 aliphatic rings. The van der Waals surface area contributed by atoms with Crippen LogP contribution in [0.1, 0.15) is 5.56 Å². The highest BCUT2D eigenvalue weighted by Gasteiger charge is 2.62. The predicted molar refractivity (Wildman–Crippen MR) is 68.2 cm³/mol. The van der Waals surface area contributed by atoms with Gasteiger partial charge in [0, 0.05) is 5.56 Å². The molecular weight excluding hydrogens is 244 g/mol. The summed E-state index contributed by atoms with van der Waals surface area (Å²) < 4.78 is 17.0. The molecule has 1 unspecified atom stereocenters. The molecule has 3 N–H and O–H groups in total. The molecule has 2 spiro atoms. The van der Waals surface area contributed by atoms with Crippen molar-refractivity contribution in [3.8, 4) is 5.75 Å². The van der Waals surface area contributed by atoms with Gasteiger partial charge in [-0.05, 0) is 6.07 Å². The van der Waals surface area contributed by atoms with E-state index in [-0.39, 0.29) is 11.0 Å². The summed E-state index contributed by atoms with van der Waals surface area (Å²) in [6.07, 6.45) is 1.57. The van der Waals surface area contributed by atoms with Gasteiger partial charge in [0.05, 0.1) is 18.6 Å². The topological polar surface area (TPSA) is 65.7 Å². The zero-order valence-electron chi connectivity index (χ0n) is 10.5. The lowest BCUT2D eigenvalue weighted by Crippen LogP contribution is -2.71. The summed E-state index contributed by atoms with van der Waals surface area (Å²) in [4.78, 5) is 0. The molecule has 1 saturated heterocycles. The molecule has 1 fully saturated rings. The number of para-hydroxylation sites is 1. The maximum Gasteiger partial charge on any atom is 0.132 e. The minimum atomic E-state index is -0.362. The molecule has 0 bridgehead atoms. The fourth-order valence-corrected chi connectivity index (χ4v) is 3.25. The highest BCUT2D eigenvalue weighted by Crippen LogP contribution is 2.52. The number of hydrogen-bond donors (Lipinski definition) is 2. The lowest BCUT2D eigenvalue weighted by Gasteiger charge is -2.58. The Bertz CT molecular complexity index is 553. The molecule has 1 atom stereocenters. The van der Waals surface area contributed by atoms with E-state index in [0.717, 1.165) is 11.3 Å². The summed E-state index contributed by atoms with van der Waals surface area (Å²) in [7, 11) is 0. The number of rotatable bonds is 0. The third kappa shape index (κ3) is 1.28. The number of nitrogens with two attached hydrogens (primary N) is 1. The van der Waals surface area contributed by atoms with E-state index in [9.17, 15) is 0 Å². The van der Waals surface area contributed by atoms with Crippen molar-refractivity contribution in [1.82, 2.24) is 5.32 Å². The molecule has 0 aliphatic carbocycles. The average molecular weight is 260 g/mol. The van der Waals surface area contributed by atoms with Crippen molar-refractivity contribution in [1.29, 1.82) is 0 Å². The number of benzene rings is 1. The summed E-state index contributed by atoms with van der Waals surface area (Å²) in [5, 5.41) is 3.43. The second-order valence-corrected chi connectivity index (χ2v) is 5.47. The number of ether oxygens (including phenoxy) is 3. The van der Waals surface area contributed by atoms with Crippen LogP contribution in [0, 0.1) is 5.41 Å². The van der Waals surface area contributed by atoms with Gasteiger partial charge >= 0.3 is 0 Å². The highest BCUT2D eigenvalue weighted by molar-refractivity contribution is 5.45. The van der Waals surface area contributed by atoms with E-state index < -0.39 is 0 Å². The van der Waals surface area contributed by atoms with Crippen LogP contribution in [-0.2, 0) is 15.0 Å². The second kappa shape index (κ2) is 3.57. The Balaban J connectivity index is 1.90. The molecule has 0 saturated carbocycles.